The minimum Gasteiger partial charge on any atom is -0.497 e. The Morgan fingerprint density at radius 3 is 2.80 bits per heavy atom. The largest absolute Gasteiger partial charge is 0.497 e. The summed E-state index contributed by atoms with van der Waals surface area (Å²) in [4.78, 5) is 12.1. The lowest BCUT2D eigenvalue weighted by molar-refractivity contribution is 0.0834. The van der Waals surface area contributed by atoms with Crippen LogP contribution in [0.15, 0.2) is 18.2 Å². The summed E-state index contributed by atoms with van der Waals surface area (Å²) in [6.07, 6.45) is 7.70. The molecule has 0 N–H and O–H groups in total. The number of methoxy groups -OCH3 is 1. The van der Waals surface area contributed by atoms with E-state index in [1.165, 1.54) is 25.7 Å². The van der Waals surface area contributed by atoms with Gasteiger partial charge in [-0.15, -0.1) is 0 Å². The monoisotopic (exact) mass is 276 g/mol. The normalized spacial score (nSPS) is 17.5. The van der Waals surface area contributed by atoms with Gasteiger partial charge in [-0.25, -0.2) is 0 Å². The van der Waals surface area contributed by atoms with Crippen molar-refractivity contribution in [3.05, 3.63) is 23.8 Å². The van der Waals surface area contributed by atoms with Gasteiger partial charge in [0.1, 0.15) is 17.6 Å². The molecule has 2 rings (SSSR count). The average molecular weight is 276 g/mol. The summed E-state index contributed by atoms with van der Waals surface area (Å²) < 4.78 is 11.1. The Balaban J connectivity index is 1.91. The van der Waals surface area contributed by atoms with Crippen LogP contribution in [0.1, 0.15) is 62.2 Å². The van der Waals surface area contributed by atoms with E-state index in [0.29, 0.717) is 17.7 Å². The van der Waals surface area contributed by atoms with E-state index in [4.69, 9.17) is 9.47 Å². The summed E-state index contributed by atoms with van der Waals surface area (Å²) in [6.45, 7) is 2.22. The molecule has 0 bridgehead atoms. The van der Waals surface area contributed by atoms with E-state index in [1.54, 1.807) is 13.2 Å². The number of carbonyl (C=O) groups is 1. The number of Topliss-reactive ketones (excluding diaryl/α,β-unsaturated/α-hetero) is 1. The Morgan fingerprint density at radius 2 is 2.05 bits per heavy atom. The van der Waals surface area contributed by atoms with Crippen LogP contribution in [0.2, 0.25) is 0 Å². The van der Waals surface area contributed by atoms with Crippen LogP contribution in [0.5, 0.6) is 11.5 Å². The van der Waals surface area contributed by atoms with Crippen LogP contribution in [0.3, 0.4) is 0 Å². The van der Waals surface area contributed by atoms with Gasteiger partial charge in [-0.2, -0.15) is 0 Å². The third-order valence-electron chi connectivity index (χ3n) is 3.83. The van der Waals surface area contributed by atoms with Crippen molar-refractivity contribution in [3.8, 4) is 11.5 Å². The Bertz CT molecular complexity index is 454. The van der Waals surface area contributed by atoms with Crippen molar-refractivity contribution < 1.29 is 14.3 Å². The number of rotatable bonds is 7. The SMILES string of the molecule is CCCCCCCC1CC(=O)c2ccc(OC)cc2O1. The molecule has 1 atom stereocenters. The number of fused-ring (bicyclic) bond motifs is 1. The summed E-state index contributed by atoms with van der Waals surface area (Å²) in [5.41, 5.74) is 0.688. The molecule has 1 heterocycles. The van der Waals surface area contributed by atoms with Gasteiger partial charge < -0.3 is 9.47 Å². The summed E-state index contributed by atoms with van der Waals surface area (Å²) in [5, 5.41) is 0. The molecule has 0 radical (unpaired) electrons. The van der Waals surface area contributed by atoms with E-state index in [2.05, 4.69) is 6.92 Å². The zero-order chi connectivity index (χ0) is 14.4. The second kappa shape index (κ2) is 7.32. The van der Waals surface area contributed by atoms with Gasteiger partial charge in [-0.05, 0) is 25.0 Å². The van der Waals surface area contributed by atoms with E-state index in [0.717, 1.165) is 18.6 Å². The molecule has 0 aromatic heterocycles. The standard InChI is InChI=1S/C17H24O3/c1-3-4-5-6-7-8-14-11-16(18)15-10-9-13(19-2)12-17(15)20-14/h9-10,12,14H,3-8,11H2,1-2H3. The fraction of sp³-hybridized carbons (Fsp3) is 0.588. The Morgan fingerprint density at radius 1 is 1.25 bits per heavy atom. The van der Waals surface area contributed by atoms with Crippen molar-refractivity contribution >= 4 is 5.78 Å². The first-order chi connectivity index (χ1) is 9.74. The highest BCUT2D eigenvalue weighted by molar-refractivity contribution is 6.00. The van der Waals surface area contributed by atoms with Gasteiger partial charge >= 0.3 is 0 Å². The van der Waals surface area contributed by atoms with Crippen LogP contribution >= 0.6 is 0 Å². The van der Waals surface area contributed by atoms with E-state index in [-0.39, 0.29) is 11.9 Å². The second-order valence-electron chi connectivity index (χ2n) is 5.43. The lowest BCUT2D eigenvalue weighted by Gasteiger charge is -2.25. The van der Waals surface area contributed by atoms with Gasteiger partial charge in [0.05, 0.1) is 12.7 Å². The van der Waals surface area contributed by atoms with Gasteiger partial charge in [-0.1, -0.05) is 32.6 Å². The Labute approximate surface area is 121 Å². The number of hydrogen-bond donors (Lipinski definition) is 0. The lowest BCUT2D eigenvalue weighted by Crippen LogP contribution is -2.26. The molecule has 0 spiro atoms. The van der Waals surface area contributed by atoms with Gasteiger partial charge in [0.2, 0.25) is 0 Å². The fourth-order valence-electron chi connectivity index (χ4n) is 2.63. The molecule has 1 aliphatic heterocycles. The molecule has 0 amide bonds. The number of benzene rings is 1. The van der Waals surface area contributed by atoms with Gasteiger partial charge in [0.25, 0.3) is 0 Å². The molecule has 0 fully saturated rings. The summed E-state index contributed by atoms with van der Waals surface area (Å²) >= 11 is 0. The maximum absolute atomic E-state index is 12.1. The molecule has 0 saturated heterocycles. The van der Waals surface area contributed by atoms with Crippen LogP contribution in [-0.2, 0) is 0 Å². The number of hydrogen-bond acceptors (Lipinski definition) is 3. The lowest BCUT2D eigenvalue weighted by atomic mass is 9.97. The van der Waals surface area contributed by atoms with Gasteiger partial charge in [-0.3, -0.25) is 4.79 Å². The summed E-state index contributed by atoms with van der Waals surface area (Å²) in [5.74, 6) is 1.60. The molecule has 0 aliphatic carbocycles. The number of ether oxygens (including phenoxy) is 2. The summed E-state index contributed by atoms with van der Waals surface area (Å²) in [6, 6.07) is 5.43. The van der Waals surface area contributed by atoms with Crippen LogP contribution < -0.4 is 9.47 Å². The molecular formula is C17H24O3. The van der Waals surface area contributed by atoms with E-state index < -0.39 is 0 Å². The predicted molar refractivity (Wildman–Crippen MR) is 79.7 cm³/mol. The van der Waals surface area contributed by atoms with Crippen molar-refractivity contribution in [3.63, 3.8) is 0 Å². The highest BCUT2D eigenvalue weighted by atomic mass is 16.5. The molecule has 1 unspecified atom stereocenters. The molecule has 3 nitrogen and oxygen atoms in total. The maximum Gasteiger partial charge on any atom is 0.170 e. The quantitative estimate of drug-likeness (QED) is 0.693. The fourth-order valence-corrected chi connectivity index (χ4v) is 2.63. The predicted octanol–water partition coefficient (Wildman–Crippen LogP) is 4.39. The maximum atomic E-state index is 12.1. The van der Waals surface area contributed by atoms with Gasteiger partial charge in [0, 0.05) is 12.5 Å². The zero-order valence-electron chi connectivity index (χ0n) is 12.5. The molecule has 0 saturated carbocycles. The van der Waals surface area contributed by atoms with Crippen LogP contribution in [0.25, 0.3) is 0 Å². The van der Waals surface area contributed by atoms with Crippen molar-refractivity contribution in [1.82, 2.24) is 0 Å². The van der Waals surface area contributed by atoms with E-state index in [9.17, 15) is 4.79 Å². The van der Waals surface area contributed by atoms with Crippen LogP contribution in [-0.4, -0.2) is 19.0 Å². The molecule has 1 aromatic carbocycles. The van der Waals surface area contributed by atoms with Crippen molar-refractivity contribution in [2.75, 3.05) is 7.11 Å². The number of unbranched alkanes of at least 4 members (excludes halogenated alkanes) is 4. The Hall–Kier alpha value is -1.51. The third kappa shape index (κ3) is 3.75. The molecule has 3 heteroatoms. The number of ketones is 1. The third-order valence-corrected chi connectivity index (χ3v) is 3.83. The second-order valence-corrected chi connectivity index (χ2v) is 5.43. The summed E-state index contributed by atoms with van der Waals surface area (Å²) in [7, 11) is 1.62. The molecule has 110 valence electrons. The molecule has 1 aromatic rings. The average Bonchev–Trinajstić information content (AvgIpc) is 2.46. The van der Waals surface area contributed by atoms with Crippen LogP contribution in [0, 0.1) is 0 Å². The minimum atomic E-state index is 0.0312. The molecule has 1 aliphatic rings. The first kappa shape index (κ1) is 14.9. The minimum absolute atomic E-state index is 0.0312. The molecular weight excluding hydrogens is 252 g/mol. The van der Waals surface area contributed by atoms with Crippen LogP contribution in [0.4, 0.5) is 0 Å². The molecule has 20 heavy (non-hydrogen) atoms. The van der Waals surface area contributed by atoms with Gasteiger partial charge in [0.15, 0.2) is 5.78 Å². The Kier molecular flexibility index (Phi) is 5.45. The zero-order valence-corrected chi connectivity index (χ0v) is 12.5. The van der Waals surface area contributed by atoms with Crippen molar-refractivity contribution in [2.45, 2.75) is 58.0 Å². The van der Waals surface area contributed by atoms with E-state index in [1.807, 2.05) is 12.1 Å². The first-order valence-corrected chi connectivity index (χ1v) is 7.62. The van der Waals surface area contributed by atoms with Crippen molar-refractivity contribution in [1.29, 1.82) is 0 Å². The smallest absolute Gasteiger partial charge is 0.170 e. The highest BCUT2D eigenvalue weighted by Crippen LogP contribution is 2.32. The first-order valence-electron chi connectivity index (χ1n) is 7.62. The van der Waals surface area contributed by atoms with Crippen molar-refractivity contribution in [2.24, 2.45) is 0 Å². The number of carbonyl (C=O) groups excluding carboxylic acids is 1. The van der Waals surface area contributed by atoms with E-state index >= 15 is 0 Å². The topological polar surface area (TPSA) is 35.5 Å². The highest BCUT2D eigenvalue weighted by Gasteiger charge is 2.26.